The zero-order chi connectivity index (χ0) is 11.5. The van der Waals surface area contributed by atoms with E-state index in [1.165, 1.54) is 0 Å². The number of piperazine rings is 1. The summed E-state index contributed by atoms with van der Waals surface area (Å²) in [7, 11) is 0. The Morgan fingerprint density at radius 3 is 2.69 bits per heavy atom. The molecule has 1 heterocycles. The predicted molar refractivity (Wildman–Crippen MR) is 61.9 cm³/mol. The van der Waals surface area contributed by atoms with Crippen LogP contribution in [0, 0.1) is 17.0 Å². The molecule has 0 amide bonds. The van der Waals surface area contributed by atoms with Gasteiger partial charge in [0, 0.05) is 37.9 Å². The number of benzene rings is 1. The van der Waals surface area contributed by atoms with Crippen LogP contribution in [0.25, 0.3) is 0 Å². The van der Waals surface area contributed by atoms with Crippen molar-refractivity contribution in [1.29, 1.82) is 0 Å². The van der Waals surface area contributed by atoms with E-state index in [-0.39, 0.29) is 10.6 Å². The molecule has 1 aliphatic rings. The standard InChI is InChI=1S/C11H14N3O2/c1-9-10(13-7-5-12-6-8-13)3-2-4-11(9)14(15)16/h2-4H,5-8H2,1H3. The summed E-state index contributed by atoms with van der Waals surface area (Å²) in [5, 5.41) is 15.1. The molecule has 0 bridgehead atoms. The van der Waals surface area contributed by atoms with Crippen molar-refractivity contribution in [3.63, 3.8) is 0 Å². The van der Waals surface area contributed by atoms with Crippen LogP contribution in [-0.2, 0) is 0 Å². The van der Waals surface area contributed by atoms with E-state index < -0.39 is 0 Å². The van der Waals surface area contributed by atoms with E-state index in [1.807, 2.05) is 6.07 Å². The molecular weight excluding hydrogens is 206 g/mol. The second kappa shape index (κ2) is 4.49. The van der Waals surface area contributed by atoms with E-state index in [1.54, 1.807) is 19.1 Å². The maximum Gasteiger partial charge on any atom is 0.274 e. The van der Waals surface area contributed by atoms with Gasteiger partial charge < -0.3 is 4.90 Å². The highest BCUT2D eigenvalue weighted by Gasteiger charge is 2.18. The van der Waals surface area contributed by atoms with Crippen LogP contribution in [0.1, 0.15) is 5.56 Å². The molecule has 1 aliphatic heterocycles. The van der Waals surface area contributed by atoms with Crippen molar-refractivity contribution in [1.82, 2.24) is 5.32 Å². The number of anilines is 1. The molecule has 0 aromatic heterocycles. The summed E-state index contributed by atoms with van der Waals surface area (Å²) < 4.78 is 0. The number of nitro groups is 1. The van der Waals surface area contributed by atoms with Crippen LogP contribution < -0.4 is 10.2 Å². The van der Waals surface area contributed by atoms with Crippen LogP contribution >= 0.6 is 0 Å². The normalized spacial score (nSPS) is 16.2. The summed E-state index contributed by atoms with van der Waals surface area (Å²) in [5.74, 6) is 0. The summed E-state index contributed by atoms with van der Waals surface area (Å²) in [6.45, 7) is 5.12. The molecule has 0 aliphatic carbocycles. The van der Waals surface area contributed by atoms with Gasteiger partial charge in [-0.3, -0.25) is 10.1 Å². The third-order valence-corrected chi connectivity index (χ3v) is 2.87. The van der Waals surface area contributed by atoms with Crippen LogP contribution in [0.4, 0.5) is 11.4 Å². The topological polar surface area (TPSA) is 60.5 Å². The Morgan fingerprint density at radius 1 is 1.38 bits per heavy atom. The fourth-order valence-electron chi connectivity index (χ4n) is 2.00. The van der Waals surface area contributed by atoms with E-state index in [2.05, 4.69) is 10.2 Å². The van der Waals surface area contributed by atoms with Gasteiger partial charge >= 0.3 is 0 Å². The van der Waals surface area contributed by atoms with Gasteiger partial charge in [-0.2, -0.15) is 0 Å². The van der Waals surface area contributed by atoms with Gasteiger partial charge in [-0.25, -0.2) is 5.32 Å². The monoisotopic (exact) mass is 220 g/mol. The number of hydrogen-bond donors (Lipinski definition) is 0. The fraction of sp³-hybridized carbons (Fsp3) is 0.455. The first kappa shape index (κ1) is 10.9. The molecule has 1 aromatic rings. The molecular formula is C11H14N3O2. The lowest BCUT2D eigenvalue weighted by molar-refractivity contribution is -0.385. The fourth-order valence-corrected chi connectivity index (χ4v) is 2.00. The van der Waals surface area contributed by atoms with Crippen molar-refractivity contribution >= 4 is 11.4 Å². The number of rotatable bonds is 2. The second-order valence-electron chi connectivity index (χ2n) is 3.84. The Hall–Kier alpha value is -1.62. The summed E-state index contributed by atoms with van der Waals surface area (Å²) in [4.78, 5) is 12.7. The van der Waals surface area contributed by atoms with Crippen LogP contribution in [0.15, 0.2) is 18.2 Å². The molecule has 16 heavy (non-hydrogen) atoms. The SMILES string of the molecule is Cc1c(N2CC[N]CC2)cccc1[N+](=O)[O-]. The third-order valence-electron chi connectivity index (χ3n) is 2.87. The van der Waals surface area contributed by atoms with Crippen molar-refractivity contribution in [3.05, 3.63) is 33.9 Å². The van der Waals surface area contributed by atoms with Crippen LogP contribution in [-0.4, -0.2) is 31.1 Å². The summed E-state index contributed by atoms with van der Waals surface area (Å²) in [6.07, 6.45) is 0. The Kier molecular flexibility index (Phi) is 3.05. The minimum absolute atomic E-state index is 0.194. The zero-order valence-electron chi connectivity index (χ0n) is 9.22. The molecule has 1 aromatic carbocycles. The molecule has 85 valence electrons. The van der Waals surface area contributed by atoms with Crippen molar-refractivity contribution in [2.45, 2.75) is 6.92 Å². The van der Waals surface area contributed by atoms with E-state index >= 15 is 0 Å². The van der Waals surface area contributed by atoms with Gasteiger partial charge in [-0.05, 0) is 13.0 Å². The van der Waals surface area contributed by atoms with E-state index in [0.29, 0.717) is 0 Å². The highest BCUT2D eigenvalue weighted by atomic mass is 16.6. The smallest absolute Gasteiger partial charge is 0.274 e. The van der Waals surface area contributed by atoms with E-state index in [4.69, 9.17) is 0 Å². The first-order valence-electron chi connectivity index (χ1n) is 5.32. The molecule has 1 saturated heterocycles. The van der Waals surface area contributed by atoms with Crippen LogP contribution in [0.3, 0.4) is 0 Å². The average Bonchev–Trinajstić information content (AvgIpc) is 2.30. The van der Waals surface area contributed by atoms with Crippen LogP contribution in [0.5, 0.6) is 0 Å². The minimum atomic E-state index is -0.326. The average molecular weight is 220 g/mol. The molecule has 2 rings (SSSR count). The van der Waals surface area contributed by atoms with Gasteiger partial charge in [0.25, 0.3) is 5.69 Å². The van der Waals surface area contributed by atoms with Gasteiger partial charge in [-0.1, -0.05) is 6.07 Å². The van der Waals surface area contributed by atoms with Gasteiger partial charge in [0.05, 0.1) is 10.5 Å². The largest absolute Gasteiger partial charge is 0.368 e. The molecule has 0 spiro atoms. The number of nitrogens with zero attached hydrogens (tertiary/aromatic N) is 3. The highest BCUT2D eigenvalue weighted by Crippen LogP contribution is 2.28. The quantitative estimate of drug-likeness (QED) is 0.558. The molecule has 5 nitrogen and oxygen atoms in total. The van der Waals surface area contributed by atoms with Gasteiger partial charge in [0.15, 0.2) is 0 Å². The number of hydrogen-bond acceptors (Lipinski definition) is 3. The van der Waals surface area contributed by atoms with Gasteiger partial charge in [-0.15, -0.1) is 0 Å². The zero-order valence-corrected chi connectivity index (χ0v) is 9.22. The Morgan fingerprint density at radius 2 is 2.06 bits per heavy atom. The summed E-state index contributed by atoms with van der Waals surface area (Å²) >= 11 is 0. The molecule has 0 unspecified atom stereocenters. The Labute approximate surface area is 94.2 Å². The summed E-state index contributed by atoms with van der Waals surface area (Å²) in [6, 6.07) is 5.23. The van der Waals surface area contributed by atoms with Crippen molar-refractivity contribution < 1.29 is 4.92 Å². The highest BCUT2D eigenvalue weighted by molar-refractivity contribution is 5.61. The van der Waals surface area contributed by atoms with Gasteiger partial charge in [0.1, 0.15) is 0 Å². The lowest BCUT2D eigenvalue weighted by Crippen LogP contribution is -2.40. The predicted octanol–water partition coefficient (Wildman–Crippen LogP) is 1.33. The van der Waals surface area contributed by atoms with E-state index in [0.717, 1.165) is 37.4 Å². The Bertz CT molecular complexity index is 400. The molecule has 1 fully saturated rings. The molecule has 5 heteroatoms. The second-order valence-corrected chi connectivity index (χ2v) is 3.84. The van der Waals surface area contributed by atoms with Crippen molar-refractivity contribution in [2.24, 2.45) is 0 Å². The Balaban J connectivity index is 2.33. The van der Waals surface area contributed by atoms with Gasteiger partial charge in [0.2, 0.25) is 0 Å². The van der Waals surface area contributed by atoms with Crippen LogP contribution in [0.2, 0.25) is 0 Å². The lowest BCUT2D eigenvalue weighted by atomic mass is 10.1. The first-order valence-corrected chi connectivity index (χ1v) is 5.32. The maximum absolute atomic E-state index is 10.8. The minimum Gasteiger partial charge on any atom is -0.368 e. The third kappa shape index (κ3) is 1.99. The van der Waals surface area contributed by atoms with Crippen molar-refractivity contribution in [2.75, 3.05) is 31.1 Å². The van der Waals surface area contributed by atoms with E-state index in [9.17, 15) is 10.1 Å². The lowest BCUT2D eigenvalue weighted by Gasteiger charge is -2.29. The maximum atomic E-state index is 10.8. The number of nitro benzene ring substituents is 1. The van der Waals surface area contributed by atoms with Crippen molar-refractivity contribution in [3.8, 4) is 0 Å². The molecule has 0 atom stereocenters. The molecule has 1 radical (unpaired) electrons. The molecule has 0 saturated carbocycles. The first-order chi connectivity index (χ1) is 7.70. The molecule has 0 N–H and O–H groups in total. The summed E-state index contributed by atoms with van der Waals surface area (Å²) in [5.41, 5.74) is 1.90.